The van der Waals surface area contributed by atoms with Gasteiger partial charge in [0.05, 0.1) is 7.11 Å². The molecule has 0 heterocycles. The van der Waals surface area contributed by atoms with Gasteiger partial charge in [-0.3, -0.25) is 0 Å². The van der Waals surface area contributed by atoms with E-state index in [9.17, 15) is 0 Å². The number of benzene rings is 1. The summed E-state index contributed by atoms with van der Waals surface area (Å²) in [6, 6.07) is 4.10. The van der Waals surface area contributed by atoms with Crippen LogP contribution in [0.1, 0.15) is 16.7 Å². The second-order valence-electron chi connectivity index (χ2n) is 2.95. The SMILES string of the molecule is COc1cc(CN)c(C)cc1C. The molecule has 0 fully saturated rings. The number of methoxy groups -OCH3 is 1. The Morgan fingerprint density at radius 2 is 1.92 bits per heavy atom. The van der Waals surface area contributed by atoms with E-state index in [2.05, 4.69) is 13.0 Å². The Labute approximate surface area is 73.3 Å². The van der Waals surface area contributed by atoms with Crippen LogP contribution in [0.2, 0.25) is 0 Å². The molecule has 66 valence electrons. The normalized spacial score (nSPS) is 10.0. The maximum atomic E-state index is 5.57. The van der Waals surface area contributed by atoms with Crippen molar-refractivity contribution in [1.82, 2.24) is 0 Å². The summed E-state index contributed by atoms with van der Waals surface area (Å²) in [6.07, 6.45) is 0. The number of hydrogen-bond acceptors (Lipinski definition) is 2. The van der Waals surface area contributed by atoms with Gasteiger partial charge in [-0.1, -0.05) is 6.07 Å². The predicted octanol–water partition coefficient (Wildman–Crippen LogP) is 1.77. The molecule has 0 aromatic heterocycles. The third-order valence-electron chi connectivity index (χ3n) is 2.07. The number of hydrogen-bond donors (Lipinski definition) is 1. The minimum Gasteiger partial charge on any atom is -0.496 e. The fraction of sp³-hybridized carbons (Fsp3) is 0.400. The van der Waals surface area contributed by atoms with E-state index >= 15 is 0 Å². The highest BCUT2D eigenvalue weighted by Gasteiger charge is 2.02. The van der Waals surface area contributed by atoms with Gasteiger partial charge in [0.15, 0.2) is 0 Å². The minimum absolute atomic E-state index is 0.572. The number of rotatable bonds is 2. The Balaban J connectivity index is 3.18. The molecule has 1 aromatic carbocycles. The Bertz CT molecular complexity index is 256. The van der Waals surface area contributed by atoms with Crippen LogP contribution in [-0.2, 0) is 6.54 Å². The smallest absolute Gasteiger partial charge is 0.122 e. The van der Waals surface area contributed by atoms with Crippen LogP contribution in [0.5, 0.6) is 5.75 Å². The van der Waals surface area contributed by atoms with E-state index in [1.54, 1.807) is 7.11 Å². The summed E-state index contributed by atoms with van der Waals surface area (Å²) >= 11 is 0. The van der Waals surface area contributed by atoms with E-state index < -0.39 is 0 Å². The molecule has 2 heteroatoms. The van der Waals surface area contributed by atoms with Crippen molar-refractivity contribution in [3.63, 3.8) is 0 Å². The van der Waals surface area contributed by atoms with Gasteiger partial charge in [-0.15, -0.1) is 0 Å². The van der Waals surface area contributed by atoms with Gasteiger partial charge in [0.1, 0.15) is 5.75 Å². The first kappa shape index (κ1) is 9.07. The molecule has 0 unspecified atom stereocenters. The van der Waals surface area contributed by atoms with Gasteiger partial charge in [-0.2, -0.15) is 0 Å². The first-order chi connectivity index (χ1) is 5.69. The third kappa shape index (κ3) is 1.59. The van der Waals surface area contributed by atoms with Gasteiger partial charge in [0.2, 0.25) is 0 Å². The average molecular weight is 165 g/mol. The van der Waals surface area contributed by atoms with Gasteiger partial charge >= 0.3 is 0 Å². The van der Waals surface area contributed by atoms with E-state index in [0.717, 1.165) is 16.9 Å². The van der Waals surface area contributed by atoms with Gasteiger partial charge < -0.3 is 10.5 Å². The maximum absolute atomic E-state index is 5.57. The molecule has 2 nitrogen and oxygen atoms in total. The molecule has 1 rings (SSSR count). The first-order valence-corrected chi connectivity index (χ1v) is 4.03. The van der Waals surface area contributed by atoms with Crippen LogP contribution < -0.4 is 10.5 Å². The largest absolute Gasteiger partial charge is 0.496 e. The Hall–Kier alpha value is -1.02. The molecule has 2 N–H and O–H groups in total. The lowest BCUT2D eigenvalue weighted by molar-refractivity contribution is 0.411. The lowest BCUT2D eigenvalue weighted by Gasteiger charge is -2.09. The van der Waals surface area contributed by atoms with Crippen molar-refractivity contribution >= 4 is 0 Å². The fourth-order valence-corrected chi connectivity index (χ4v) is 1.31. The van der Waals surface area contributed by atoms with Crippen LogP contribution in [0.4, 0.5) is 0 Å². The zero-order chi connectivity index (χ0) is 9.14. The summed E-state index contributed by atoms with van der Waals surface area (Å²) in [5.41, 5.74) is 9.11. The molecule has 0 amide bonds. The molecule has 0 saturated heterocycles. The summed E-state index contributed by atoms with van der Waals surface area (Å²) in [5, 5.41) is 0. The van der Waals surface area contributed by atoms with Crippen LogP contribution in [0.25, 0.3) is 0 Å². The molecular weight excluding hydrogens is 150 g/mol. The lowest BCUT2D eigenvalue weighted by Crippen LogP contribution is -2.00. The molecule has 1 aromatic rings. The van der Waals surface area contributed by atoms with E-state index in [4.69, 9.17) is 10.5 Å². The van der Waals surface area contributed by atoms with Gasteiger partial charge in [-0.05, 0) is 36.6 Å². The molecule has 0 radical (unpaired) electrons. The van der Waals surface area contributed by atoms with E-state index in [0.29, 0.717) is 6.54 Å². The van der Waals surface area contributed by atoms with Crippen molar-refractivity contribution in [1.29, 1.82) is 0 Å². The standard InChI is InChI=1S/C10H15NO/c1-7-4-8(2)10(12-3)5-9(7)6-11/h4-5H,6,11H2,1-3H3. The van der Waals surface area contributed by atoms with Crippen molar-refractivity contribution in [2.45, 2.75) is 20.4 Å². The highest BCUT2D eigenvalue weighted by atomic mass is 16.5. The monoisotopic (exact) mass is 165 g/mol. The average Bonchev–Trinajstić information content (AvgIpc) is 2.05. The lowest BCUT2D eigenvalue weighted by atomic mass is 10.1. The number of ether oxygens (including phenoxy) is 1. The Kier molecular flexibility index (Phi) is 2.71. The van der Waals surface area contributed by atoms with Crippen LogP contribution >= 0.6 is 0 Å². The zero-order valence-corrected chi connectivity index (χ0v) is 7.85. The van der Waals surface area contributed by atoms with Crippen molar-refractivity contribution in [3.8, 4) is 5.75 Å². The summed E-state index contributed by atoms with van der Waals surface area (Å²) in [4.78, 5) is 0. The molecule has 0 aliphatic carbocycles. The highest BCUT2D eigenvalue weighted by Crippen LogP contribution is 2.21. The first-order valence-electron chi connectivity index (χ1n) is 4.03. The molecule has 0 aliphatic rings. The molecule has 12 heavy (non-hydrogen) atoms. The molecule has 0 atom stereocenters. The van der Waals surface area contributed by atoms with Crippen molar-refractivity contribution in [2.75, 3.05) is 7.11 Å². The maximum Gasteiger partial charge on any atom is 0.122 e. The minimum atomic E-state index is 0.572. The zero-order valence-electron chi connectivity index (χ0n) is 7.85. The van der Waals surface area contributed by atoms with Gasteiger partial charge in [0.25, 0.3) is 0 Å². The predicted molar refractivity (Wildman–Crippen MR) is 50.4 cm³/mol. The Morgan fingerprint density at radius 3 is 2.42 bits per heavy atom. The highest BCUT2D eigenvalue weighted by molar-refractivity contribution is 5.41. The van der Waals surface area contributed by atoms with Crippen molar-refractivity contribution in [3.05, 3.63) is 28.8 Å². The topological polar surface area (TPSA) is 35.2 Å². The van der Waals surface area contributed by atoms with Crippen molar-refractivity contribution < 1.29 is 4.74 Å². The molecular formula is C10H15NO. The fourth-order valence-electron chi connectivity index (χ4n) is 1.31. The van der Waals surface area contributed by atoms with Crippen LogP contribution in [0, 0.1) is 13.8 Å². The molecule has 0 saturated carbocycles. The molecule has 0 aliphatic heterocycles. The van der Waals surface area contributed by atoms with Gasteiger partial charge in [0, 0.05) is 6.54 Å². The summed E-state index contributed by atoms with van der Waals surface area (Å²) in [6.45, 7) is 4.67. The van der Waals surface area contributed by atoms with Crippen molar-refractivity contribution in [2.24, 2.45) is 5.73 Å². The summed E-state index contributed by atoms with van der Waals surface area (Å²) in [7, 11) is 1.68. The number of nitrogens with two attached hydrogens (primary N) is 1. The van der Waals surface area contributed by atoms with Crippen LogP contribution in [0.3, 0.4) is 0 Å². The molecule has 0 spiro atoms. The third-order valence-corrected chi connectivity index (χ3v) is 2.07. The summed E-state index contributed by atoms with van der Waals surface area (Å²) in [5.74, 6) is 0.918. The van der Waals surface area contributed by atoms with E-state index in [1.165, 1.54) is 5.56 Å². The Morgan fingerprint density at radius 1 is 1.25 bits per heavy atom. The molecule has 0 bridgehead atoms. The summed E-state index contributed by atoms with van der Waals surface area (Å²) < 4.78 is 5.19. The number of aryl methyl sites for hydroxylation is 2. The second-order valence-corrected chi connectivity index (χ2v) is 2.95. The quantitative estimate of drug-likeness (QED) is 0.724. The van der Waals surface area contributed by atoms with Crippen LogP contribution in [0.15, 0.2) is 12.1 Å². The van der Waals surface area contributed by atoms with Gasteiger partial charge in [-0.25, -0.2) is 0 Å². The van der Waals surface area contributed by atoms with E-state index in [-0.39, 0.29) is 0 Å². The second kappa shape index (κ2) is 3.59. The van der Waals surface area contributed by atoms with Crippen LogP contribution in [-0.4, -0.2) is 7.11 Å². The van der Waals surface area contributed by atoms with E-state index in [1.807, 2.05) is 13.0 Å².